The third-order valence-corrected chi connectivity index (χ3v) is 22.0. The van der Waals surface area contributed by atoms with Crippen molar-refractivity contribution in [2.45, 2.75) is 47.3 Å². The first-order valence-electron chi connectivity index (χ1n) is 30.5. The van der Waals surface area contributed by atoms with Gasteiger partial charge in [0.05, 0.1) is 66.2 Å². The molecule has 0 saturated heterocycles. The number of fused-ring (bicyclic) bond motifs is 6. The van der Waals surface area contributed by atoms with Crippen molar-refractivity contribution in [3.8, 4) is 0 Å². The highest BCUT2D eigenvalue weighted by molar-refractivity contribution is 5.96. The second-order valence-electron chi connectivity index (χ2n) is 25.7. The van der Waals surface area contributed by atoms with Gasteiger partial charge in [-0.15, -0.1) is 0 Å². The van der Waals surface area contributed by atoms with Crippen LogP contribution in [0.25, 0.3) is 66.2 Å². The van der Waals surface area contributed by atoms with Crippen molar-refractivity contribution in [3.63, 3.8) is 0 Å². The van der Waals surface area contributed by atoms with Gasteiger partial charge in [-0.05, 0) is 206 Å². The lowest BCUT2D eigenvalue weighted by Crippen LogP contribution is -2.28. The molecule has 12 aromatic carbocycles. The summed E-state index contributed by atoms with van der Waals surface area (Å²) in [6, 6.07) is 82.7. The topological polar surface area (TPSA) is 77.3 Å². The lowest BCUT2D eigenvalue weighted by molar-refractivity contribution is 0.755. The van der Waals surface area contributed by atoms with Crippen LogP contribution in [0, 0.1) is 0 Å². The van der Waals surface area contributed by atoms with Crippen molar-refractivity contribution in [2.24, 2.45) is 0 Å². The van der Waals surface area contributed by atoms with Gasteiger partial charge < -0.3 is 0 Å². The van der Waals surface area contributed by atoms with Crippen molar-refractivity contribution >= 4 is 66.2 Å². The summed E-state index contributed by atoms with van der Waals surface area (Å²) in [6.45, 7) is 0. The third kappa shape index (κ3) is 5.23. The van der Waals surface area contributed by atoms with Crippen LogP contribution in [0.15, 0.2) is 218 Å². The van der Waals surface area contributed by atoms with Gasteiger partial charge in [-0.3, -0.25) is 0 Å². The van der Waals surface area contributed by atoms with Crippen LogP contribution in [-0.4, -0.2) is 29.9 Å². The third-order valence-electron chi connectivity index (χ3n) is 22.0. The Morgan fingerprint density at radius 3 is 0.326 bits per heavy atom. The molecule has 0 N–H and O–H groups in total. The summed E-state index contributed by atoms with van der Waals surface area (Å²) in [4.78, 5) is 33.6. The van der Waals surface area contributed by atoms with Crippen molar-refractivity contribution in [1.82, 2.24) is 29.9 Å². The lowest BCUT2D eigenvalue weighted by Gasteiger charge is -2.43. The van der Waals surface area contributed by atoms with Gasteiger partial charge >= 0.3 is 0 Å². The average molecular weight is 1090 g/mol. The smallest absolute Gasteiger partial charge is 0.0897 e. The molecule has 86 heavy (non-hydrogen) atoms. The van der Waals surface area contributed by atoms with Gasteiger partial charge in [0.15, 0.2) is 0 Å². The number of benzene rings is 12. The summed E-state index contributed by atoms with van der Waals surface area (Å²) in [7, 11) is 0. The molecule has 12 aliphatic rings. The molecule has 0 amide bonds. The first-order valence-corrected chi connectivity index (χ1v) is 30.5. The Bertz CT molecular complexity index is 4760. The van der Waals surface area contributed by atoms with Gasteiger partial charge in [-0.1, -0.05) is 146 Å². The first kappa shape index (κ1) is 44.0. The second-order valence-corrected chi connectivity index (χ2v) is 25.7. The number of hydrogen-bond donors (Lipinski definition) is 0. The van der Waals surface area contributed by atoms with Crippen LogP contribution in [0.4, 0.5) is 0 Å². The first-order chi connectivity index (χ1) is 42.6. The van der Waals surface area contributed by atoms with E-state index < -0.39 is 0 Å². The molecule has 6 heteroatoms. The van der Waals surface area contributed by atoms with E-state index in [-0.39, 0.29) is 47.3 Å². The minimum absolute atomic E-state index is 0.113. The molecule has 12 aliphatic carbocycles. The monoisotopic (exact) mass is 1090 g/mol. The Hall–Kier alpha value is -10.6. The van der Waals surface area contributed by atoms with E-state index in [0.29, 0.717) is 0 Å². The molecule has 394 valence electrons. The van der Waals surface area contributed by atoms with Gasteiger partial charge in [0.2, 0.25) is 0 Å². The van der Waals surface area contributed by atoms with Crippen LogP contribution < -0.4 is 0 Å². The fourth-order valence-electron chi connectivity index (χ4n) is 18.7. The minimum Gasteiger partial charge on any atom is -0.244 e. The van der Waals surface area contributed by atoms with Crippen LogP contribution in [0.3, 0.4) is 0 Å². The van der Waals surface area contributed by atoms with E-state index in [1.165, 1.54) is 134 Å². The van der Waals surface area contributed by atoms with Gasteiger partial charge in [0.1, 0.15) is 0 Å². The SMILES string of the molecule is c1ccc2c(c1)C1c3ccccc3C2c2cc3nc4cc5c(cc4nc3cc21)C1c2cc3nc4cc6c(cc4nc3cc2C5c2cc3nc4cc5c(cc4nc3cc21)C1c2ccccc2C5c2ccccc21)C1c2ccccc2C6c2ccccc21. The normalized spacial score (nSPS) is 21.5. The second kappa shape index (κ2) is 15.0. The number of rotatable bonds is 0. The molecule has 6 nitrogen and oxygen atoms in total. The fourth-order valence-corrected chi connectivity index (χ4v) is 18.7. The van der Waals surface area contributed by atoms with E-state index in [1.54, 1.807) is 0 Å². The van der Waals surface area contributed by atoms with Gasteiger partial charge in [0.25, 0.3) is 0 Å². The zero-order valence-electron chi connectivity index (χ0n) is 46.1. The summed E-state index contributed by atoms with van der Waals surface area (Å²) >= 11 is 0. The standard InChI is InChI=1S/C80H44N6/c1-2-14-38-37(13-1)73-39-15-3-4-16-40(39)74(38)50-26-62-61(25-49(50)73)81-67-31-55-56(32-68(67)82-62)80-59-35-71-69(83-63-27-51-53(29-65(63)85-71)77-45-21-9-5-17-41(45)75(51)42-18-6-10-22-46(42)77)33-57(59)79(55)58-34-70-72(36-60(58)80)86-66-30-54-52(28-64(66)84-70)76-43-19-7-11-23-47(43)78(54)48-24-12-8-20-44(48)76/h1-36,73-80H. The molecule has 0 atom stereocenters. The molecule has 3 aromatic heterocycles. The molecule has 0 unspecified atom stereocenters. The summed E-state index contributed by atoms with van der Waals surface area (Å²) in [5.41, 5.74) is 43.6. The fraction of sp³-hybridized carbons (Fsp3) is 0.100. The molecule has 15 aromatic rings. The van der Waals surface area contributed by atoms with Crippen molar-refractivity contribution < 1.29 is 0 Å². The Labute approximate surface area is 492 Å². The Morgan fingerprint density at radius 2 is 0.221 bits per heavy atom. The van der Waals surface area contributed by atoms with E-state index in [2.05, 4.69) is 218 Å². The maximum Gasteiger partial charge on any atom is 0.0897 e. The van der Waals surface area contributed by atoms with Crippen molar-refractivity contribution in [2.75, 3.05) is 0 Å². The molecule has 8 bridgehead atoms. The zero-order valence-corrected chi connectivity index (χ0v) is 46.1. The Kier molecular flexibility index (Phi) is 7.69. The summed E-state index contributed by atoms with van der Waals surface area (Å²) < 4.78 is 0. The molecular weight excluding hydrogens is 1040 g/mol. The molecular formula is C80H44N6. The predicted octanol–water partition coefficient (Wildman–Crippen LogP) is 16.9. The molecule has 0 aliphatic heterocycles. The van der Waals surface area contributed by atoms with Crippen LogP contribution >= 0.6 is 0 Å². The number of hydrogen-bond acceptors (Lipinski definition) is 6. The molecule has 0 radical (unpaired) electrons. The lowest BCUT2D eigenvalue weighted by atomic mass is 9.60. The van der Waals surface area contributed by atoms with Crippen molar-refractivity contribution in [1.29, 1.82) is 0 Å². The molecule has 27 rings (SSSR count). The van der Waals surface area contributed by atoms with Gasteiger partial charge in [-0.2, -0.15) is 0 Å². The molecule has 0 saturated carbocycles. The average Bonchev–Trinajstić information content (AvgIpc) is 0.825. The summed E-state index contributed by atoms with van der Waals surface area (Å²) in [5.74, 6) is 0.715. The molecule has 0 fully saturated rings. The predicted molar refractivity (Wildman–Crippen MR) is 337 cm³/mol. The van der Waals surface area contributed by atoms with E-state index >= 15 is 0 Å². The Balaban J connectivity index is 0.731. The highest BCUT2D eigenvalue weighted by Gasteiger charge is 2.47. The van der Waals surface area contributed by atoms with E-state index in [9.17, 15) is 0 Å². The molecule has 3 heterocycles. The van der Waals surface area contributed by atoms with Crippen LogP contribution in [0.1, 0.15) is 181 Å². The summed E-state index contributed by atoms with van der Waals surface area (Å²) in [6.07, 6.45) is 0. The highest BCUT2D eigenvalue weighted by Crippen LogP contribution is 2.61. The number of aromatic nitrogens is 6. The maximum absolute atomic E-state index is 5.61. The zero-order chi connectivity index (χ0) is 55.1. The van der Waals surface area contributed by atoms with Crippen LogP contribution in [0.2, 0.25) is 0 Å². The van der Waals surface area contributed by atoms with E-state index in [0.717, 1.165) is 66.2 Å². The molecule has 0 spiro atoms. The highest BCUT2D eigenvalue weighted by atomic mass is 14.8. The van der Waals surface area contributed by atoms with Crippen LogP contribution in [-0.2, 0) is 0 Å². The van der Waals surface area contributed by atoms with Crippen molar-refractivity contribution in [3.05, 3.63) is 352 Å². The van der Waals surface area contributed by atoms with Gasteiger partial charge in [0, 0.05) is 47.3 Å². The van der Waals surface area contributed by atoms with E-state index in [4.69, 9.17) is 29.9 Å². The minimum atomic E-state index is -0.113. The number of nitrogens with zero attached hydrogens (tertiary/aromatic N) is 6. The maximum atomic E-state index is 5.61. The largest absolute Gasteiger partial charge is 0.244 e. The van der Waals surface area contributed by atoms with Gasteiger partial charge in [-0.25, -0.2) is 29.9 Å². The summed E-state index contributed by atoms with van der Waals surface area (Å²) in [5, 5.41) is 0. The van der Waals surface area contributed by atoms with E-state index in [1.807, 2.05) is 0 Å². The van der Waals surface area contributed by atoms with Crippen LogP contribution in [0.5, 0.6) is 0 Å². The Morgan fingerprint density at radius 1 is 0.128 bits per heavy atom. The quantitative estimate of drug-likeness (QED) is 0.141.